The quantitative estimate of drug-likeness (QED) is 0.743. The van der Waals surface area contributed by atoms with Gasteiger partial charge in [0.05, 0.1) is 6.61 Å². The van der Waals surface area contributed by atoms with E-state index in [2.05, 4.69) is 25.8 Å². The molecule has 1 rings (SSSR count). The molecule has 94 valence electrons. The maximum atomic E-state index is 11.1. The molecule has 0 amide bonds. The van der Waals surface area contributed by atoms with Gasteiger partial charge in [0.15, 0.2) is 0 Å². The van der Waals surface area contributed by atoms with Crippen molar-refractivity contribution in [2.45, 2.75) is 32.0 Å². The van der Waals surface area contributed by atoms with Gasteiger partial charge in [0.25, 0.3) is 0 Å². The Morgan fingerprint density at radius 3 is 2.31 bits per heavy atom. The lowest BCUT2D eigenvalue weighted by Crippen LogP contribution is -2.59. The van der Waals surface area contributed by atoms with E-state index >= 15 is 0 Å². The maximum absolute atomic E-state index is 11.1. The number of likely N-dealkylation sites (N-methyl/N-ethyl adjacent to an activating group) is 1. The molecular weight excluding hydrogens is 208 g/mol. The van der Waals surface area contributed by atoms with Gasteiger partial charge in [0, 0.05) is 32.3 Å². The van der Waals surface area contributed by atoms with Crippen LogP contribution >= 0.6 is 0 Å². The molecule has 5 heteroatoms. The van der Waals surface area contributed by atoms with Crippen LogP contribution in [0.4, 0.5) is 0 Å². The third-order valence-electron chi connectivity index (χ3n) is 3.44. The molecule has 16 heavy (non-hydrogen) atoms. The summed E-state index contributed by atoms with van der Waals surface area (Å²) < 4.78 is 4.98. The van der Waals surface area contributed by atoms with E-state index in [1.165, 1.54) is 0 Å². The Labute approximate surface area is 97.0 Å². The van der Waals surface area contributed by atoms with Crippen LogP contribution in [-0.4, -0.2) is 72.9 Å². The lowest BCUT2D eigenvalue weighted by molar-refractivity contribution is -0.147. The van der Waals surface area contributed by atoms with Crippen molar-refractivity contribution in [3.63, 3.8) is 0 Å². The van der Waals surface area contributed by atoms with Crippen molar-refractivity contribution < 1.29 is 14.6 Å². The predicted molar refractivity (Wildman–Crippen MR) is 61.6 cm³/mol. The van der Waals surface area contributed by atoms with Crippen LogP contribution < -0.4 is 0 Å². The van der Waals surface area contributed by atoms with E-state index in [1.54, 1.807) is 7.11 Å². The van der Waals surface area contributed by atoms with Gasteiger partial charge in [0.1, 0.15) is 6.04 Å². The lowest BCUT2D eigenvalue weighted by atomic mass is 10.1. The molecule has 1 heterocycles. The van der Waals surface area contributed by atoms with Gasteiger partial charge in [-0.05, 0) is 20.9 Å². The lowest BCUT2D eigenvalue weighted by Gasteiger charge is -2.44. The largest absolute Gasteiger partial charge is 0.480 e. The number of hydrogen-bond donors (Lipinski definition) is 1. The first kappa shape index (κ1) is 13.4. The molecule has 0 aromatic heterocycles. The molecule has 0 aliphatic carbocycles. The summed E-state index contributed by atoms with van der Waals surface area (Å²) in [5.74, 6) is -0.800. The highest BCUT2D eigenvalue weighted by Crippen LogP contribution is 2.16. The summed E-state index contributed by atoms with van der Waals surface area (Å²) in [6.45, 7) is 6.05. The predicted octanol–water partition coefficient (Wildman–Crippen LogP) is 0.110. The number of carboxylic acids is 1. The van der Waals surface area contributed by atoms with Crippen molar-refractivity contribution in [1.29, 1.82) is 0 Å². The van der Waals surface area contributed by atoms with Gasteiger partial charge in [-0.1, -0.05) is 0 Å². The molecule has 1 aliphatic rings. The SMILES string of the molecule is COCC(C(=O)O)N1C[C@H](C)N(C)[C@@H](C)C1. The Kier molecular flexibility index (Phi) is 4.70. The summed E-state index contributed by atoms with van der Waals surface area (Å²) in [7, 11) is 3.62. The molecule has 1 saturated heterocycles. The van der Waals surface area contributed by atoms with Crippen LogP contribution in [0.25, 0.3) is 0 Å². The van der Waals surface area contributed by atoms with E-state index in [9.17, 15) is 4.79 Å². The molecule has 0 spiro atoms. The van der Waals surface area contributed by atoms with Crippen LogP contribution in [0.15, 0.2) is 0 Å². The van der Waals surface area contributed by atoms with E-state index in [4.69, 9.17) is 9.84 Å². The van der Waals surface area contributed by atoms with Crippen LogP contribution in [0.3, 0.4) is 0 Å². The highest BCUT2D eigenvalue weighted by Gasteiger charge is 2.33. The topological polar surface area (TPSA) is 53.0 Å². The fraction of sp³-hybridized carbons (Fsp3) is 0.909. The Morgan fingerprint density at radius 2 is 1.94 bits per heavy atom. The van der Waals surface area contributed by atoms with Gasteiger partial charge in [-0.25, -0.2) is 0 Å². The van der Waals surface area contributed by atoms with Crippen LogP contribution in [0.2, 0.25) is 0 Å². The fourth-order valence-corrected chi connectivity index (χ4v) is 2.19. The molecule has 5 nitrogen and oxygen atoms in total. The van der Waals surface area contributed by atoms with Crippen LogP contribution in [0.5, 0.6) is 0 Å². The minimum atomic E-state index is -0.800. The number of carbonyl (C=O) groups is 1. The van der Waals surface area contributed by atoms with Gasteiger partial charge in [0.2, 0.25) is 0 Å². The van der Waals surface area contributed by atoms with Crippen molar-refractivity contribution in [3.05, 3.63) is 0 Å². The highest BCUT2D eigenvalue weighted by molar-refractivity contribution is 5.73. The average Bonchev–Trinajstić information content (AvgIpc) is 2.21. The van der Waals surface area contributed by atoms with Gasteiger partial charge in [-0.2, -0.15) is 0 Å². The second-order valence-electron chi connectivity index (χ2n) is 4.63. The van der Waals surface area contributed by atoms with E-state index in [0.717, 1.165) is 13.1 Å². The van der Waals surface area contributed by atoms with Crippen molar-refractivity contribution in [2.24, 2.45) is 0 Å². The van der Waals surface area contributed by atoms with E-state index in [0.29, 0.717) is 12.1 Å². The summed E-state index contributed by atoms with van der Waals surface area (Å²) in [6.07, 6.45) is 0. The molecule has 0 aromatic rings. The number of carboxylic acid groups (broad SMARTS) is 1. The summed E-state index contributed by atoms with van der Waals surface area (Å²) in [4.78, 5) is 15.4. The zero-order valence-electron chi connectivity index (χ0n) is 10.5. The zero-order chi connectivity index (χ0) is 12.3. The van der Waals surface area contributed by atoms with E-state index in [-0.39, 0.29) is 6.61 Å². The highest BCUT2D eigenvalue weighted by atomic mass is 16.5. The molecule has 1 unspecified atom stereocenters. The molecule has 1 fully saturated rings. The zero-order valence-corrected chi connectivity index (χ0v) is 10.5. The van der Waals surface area contributed by atoms with E-state index in [1.807, 2.05) is 4.90 Å². The number of methoxy groups -OCH3 is 1. The number of rotatable bonds is 4. The summed E-state index contributed by atoms with van der Waals surface area (Å²) >= 11 is 0. The Morgan fingerprint density at radius 1 is 1.44 bits per heavy atom. The van der Waals surface area contributed by atoms with E-state index < -0.39 is 12.0 Å². The van der Waals surface area contributed by atoms with Gasteiger partial charge in [-0.3, -0.25) is 14.6 Å². The van der Waals surface area contributed by atoms with Crippen LogP contribution in [0.1, 0.15) is 13.8 Å². The monoisotopic (exact) mass is 230 g/mol. The maximum Gasteiger partial charge on any atom is 0.323 e. The normalized spacial score (nSPS) is 30.2. The van der Waals surface area contributed by atoms with Gasteiger partial charge < -0.3 is 9.84 Å². The standard InChI is InChI=1S/C11H22N2O3/c1-8-5-13(6-9(2)12(8)3)10(7-16-4)11(14)15/h8-10H,5-7H2,1-4H3,(H,14,15)/t8-,9-,10?/m0/s1. The van der Waals surface area contributed by atoms with Crippen LogP contribution in [0, 0.1) is 0 Å². The summed E-state index contributed by atoms with van der Waals surface area (Å²) in [5.41, 5.74) is 0. The first-order valence-corrected chi connectivity index (χ1v) is 5.65. The molecule has 0 bridgehead atoms. The molecule has 1 N–H and O–H groups in total. The van der Waals surface area contributed by atoms with Crippen molar-refractivity contribution >= 4 is 5.97 Å². The molecule has 3 atom stereocenters. The Balaban J connectivity index is 2.68. The Hall–Kier alpha value is -0.650. The number of ether oxygens (including phenoxy) is 1. The second kappa shape index (κ2) is 5.61. The minimum absolute atomic E-state index is 0.248. The number of aliphatic carboxylic acids is 1. The minimum Gasteiger partial charge on any atom is -0.480 e. The van der Waals surface area contributed by atoms with Gasteiger partial charge in [-0.15, -0.1) is 0 Å². The number of nitrogens with zero attached hydrogens (tertiary/aromatic N) is 2. The first-order chi connectivity index (χ1) is 7.47. The van der Waals surface area contributed by atoms with Gasteiger partial charge >= 0.3 is 5.97 Å². The second-order valence-corrected chi connectivity index (χ2v) is 4.63. The Bertz CT molecular complexity index is 235. The average molecular weight is 230 g/mol. The fourth-order valence-electron chi connectivity index (χ4n) is 2.19. The smallest absolute Gasteiger partial charge is 0.323 e. The van der Waals surface area contributed by atoms with Crippen molar-refractivity contribution in [1.82, 2.24) is 9.80 Å². The summed E-state index contributed by atoms with van der Waals surface area (Å²) in [5, 5.41) is 9.16. The third kappa shape index (κ3) is 2.93. The van der Waals surface area contributed by atoms with Crippen molar-refractivity contribution in [3.8, 4) is 0 Å². The first-order valence-electron chi connectivity index (χ1n) is 5.65. The number of piperazine rings is 1. The number of hydrogen-bond acceptors (Lipinski definition) is 4. The molecular formula is C11H22N2O3. The van der Waals surface area contributed by atoms with Crippen LogP contribution in [-0.2, 0) is 9.53 Å². The van der Waals surface area contributed by atoms with Crippen molar-refractivity contribution in [2.75, 3.05) is 33.9 Å². The summed E-state index contributed by atoms with van der Waals surface area (Å²) in [6, 6.07) is 0.230. The third-order valence-corrected chi connectivity index (χ3v) is 3.44. The molecule has 0 saturated carbocycles. The molecule has 1 aliphatic heterocycles. The molecule has 0 radical (unpaired) electrons. The molecule has 0 aromatic carbocycles.